The van der Waals surface area contributed by atoms with Crippen LogP contribution in [-0.4, -0.2) is 31.8 Å². The van der Waals surface area contributed by atoms with E-state index in [4.69, 9.17) is 10.5 Å². The molecular formula is C15H25N3O. The van der Waals surface area contributed by atoms with Gasteiger partial charge in [-0.05, 0) is 24.0 Å². The van der Waals surface area contributed by atoms with Gasteiger partial charge >= 0.3 is 0 Å². The number of piperidine rings is 1. The second-order valence-corrected chi connectivity index (χ2v) is 5.10. The summed E-state index contributed by atoms with van der Waals surface area (Å²) in [6, 6.07) is 8.54. The van der Waals surface area contributed by atoms with Gasteiger partial charge in [-0.25, -0.2) is 10.4 Å². The highest BCUT2D eigenvalue weighted by molar-refractivity contribution is 5.29. The van der Waals surface area contributed by atoms with E-state index in [9.17, 15) is 0 Å². The number of nitrogens with zero attached hydrogens (tertiary/aromatic N) is 1. The van der Waals surface area contributed by atoms with Crippen molar-refractivity contribution in [3.8, 4) is 0 Å². The van der Waals surface area contributed by atoms with E-state index in [0.717, 1.165) is 13.1 Å². The van der Waals surface area contributed by atoms with Gasteiger partial charge in [-0.3, -0.25) is 0 Å². The molecule has 1 aliphatic heterocycles. The van der Waals surface area contributed by atoms with Gasteiger partial charge in [0.25, 0.3) is 0 Å². The van der Waals surface area contributed by atoms with E-state index in [1.807, 2.05) is 6.07 Å². The van der Waals surface area contributed by atoms with Gasteiger partial charge in [0, 0.05) is 26.7 Å². The number of nitrogens with two attached hydrogens (primary N) is 1. The standard InChI is InChI=1S/C15H25N3O/c1-19-12-13-7-3-4-8-14(13)15(11-16)17-18-9-5-2-6-10-18/h3-4,7-8,15,17H,2,5-6,9-12,16H2,1H3. The van der Waals surface area contributed by atoms with Crippen molar-refractivity contribution in [2.45, 2.75) is 31.9 Å². The Morgan fingerprint density at radius 1 is 1.26 bits per heavy atom. The van der Waals surface area contributed by atoms with Crippen LogP contribution >= 0.6 is 0 Å². The normalized spacial score (nSPS) is 18.4. The average Bonchev–Trinajstić information content (AvgIpc) is 2.47. The Morgan fingerprint density at radius 3 is 2.68 bits per heavy atom. The second-order valence-electron chi connectivity index (χ2n) is 5.10. The zero-order valence-corrected chi connectivity index (χ0v) is 11.8. The summed E-state index contributed by atoms with van der Waals surface area (Å²) >= 11 is 0. The Morgan fingerprint density at radius 2 is 2.00 bits per heavy atom. The summed E-state index contributed by atoms with van der Waals surface area (Å²) in [4.78, 5) is 0. The van der Waals surface area contributed by atoms with E-state index in [-0.39, 0.29) is 6.04 Å². The minimum Gasteiger partial charge on any atom is -0.380 e. The van der Waals surface area contributed by atoms with Gasteiger partial charge in [0.2, 0.25) is 0 Å². The molecule has 0 aliphatic carbocycles. The summed E-state index contributed by atoms with van der Waals surface area (Å²) in [5.74, 6) is 0. The number of hydrogen-bond donors (Lipinski definition) is 2. The quantitative estimate of drug-likeness (QED) is 0.822. The van der Waals surface area contributed by atoms with Gasteiger partial charge in [0.05, 0.1) is 12.6 Å². The lowest BCUT2D eigenvalue weighted by Gasteiger charge is -2.32. The van der Waals surface area contributed by atoms with Crippen molar-refractivity contribution in [3.63, 3.8) is 0 Å². The number of methoxy groups -OCH3 is 1. The van der Waals surface area contributed by atoms with Gasteiger partial charge in [0.1, 0.15) is 0 Å². The number of nitrogens with one attached hydrogen (secondary N) is 1. The maximum absolute atomic E-state index is 5.96. The van der Waals surface area contributed by atoms with Crippen LogP contribution in [0.25, 0.3) is 0 Å². The van der Waals surface area contributed by atoms with E-state index < -0.39 is 0 Å². The molecule has 1 fully saturated rings. The molecule has 0 saturated carbocycles. The summed E-state index contributed by atoms with van der Waals surface area (Å²) in [5.41, 5.74) is 12.0. The summed E-state index contributed by atoms with van der Waals surface area (Å²) < 4.78 is 5.27. The molecule has 1 saturated heterocycles. The van der Waals surface area contributed by atoms with Crippen molar-refractivity contribution in [2.75, 3.05) is 26.7 Å². The maximum atomic E-state index is 5.96. The minimum absolute atomic E-state index is 0.171. The summed E-state index contributed by atoms with van der Waals surface area (Å²) in [7, 11) is 1.73. The maximum Gasteiger partial charge on any atom is 0.0716 e. The van der Waals surface area contributed by atoms with Gasteiger partial charge < -0.3 is 10.5 Å². The van der Waals surface area contributed by atoms with Crippen LogP contribution in [0.4, 0.5) is 0 Å². The molecule has 0 amide bonds. The van der Waals surface area contributed by atoms with Crippen LogP contribution < -0.4 is 11.2 Å². The van der Waals surface area contributed by atoms with Crippen LogP contribution in [0, 0.1) is 0 Å². The molecule has 0 radical (unpaired) electrons. The molecule has 4 nitrogen and oxygen atoms in total. The molecule has 0 bridgehead atoms. The van der Waals surface area contributed by atoms with Crippen LogP contribution in [0.5, 0.6) is 0 Å². The number of hydrogen-bond acceptors (Lipinski definition) is 4. The molecule has 1 aromatic rings. The predicted molar refractivity (Wildman–Crippen MR) is 77.5 cm³/mol. The molecule has 0 spiro atoms. The second kappa shape index (κ2) is 7.60. The number of rotatable bonds is 6. The van der Waals surface area contributed by atoms with Crippen molar-refractivity contribution < 1.29 is 4.74 Å². The Kier molecular flexibility index (Phi) is 5.79. The first-order valence-corrected chi connectivity index (χ1v) is 7.13. The van der Waals surface area contributed by atoms with Gasteiger partial charge in [-0.2, -0.15) is 0 Å². The molecule has 1 unspecified atom stereocenters. The van der Waals surface area contributed by atoms with Crippen molar-refractivity contribution in [3.05, 3.63) is 35.4 Å². The molecule has 4 heteroatoms. The average molecular weight is 263 g/mol. The van der Waals surface area contributed by atoms with Crippen LogP contribution in [0.1, 0.15) is 36.4 Å². The third-order valence-corrected chi connectivity index (χ3v) is 3.66. The molecule has 2 rings (SSSR count). The first-order chi connectivity index (χ1) is 9.35. The van der Waals surface area contributed by atoms with Gasteiger partial charge in [0.15, 0.2) is 0 Å². The highest BCUT2D eigenvalue weighted by atomic mass is 16.5. The minimum atomic E-state index is 0.171. The topological polar surface area (TPSA) is 50.5 Å². The molecule has 1 atom stereocenters. The Hall–Kier alpha value is -0.940. The highest BCUT2D eigenvalue weighted by Crippen LogP contribution is 2.19. The van der Waals surface area contributed by atoms with Gasteiger partial charge in [-0.1, -0.05) is 30.7 Å². The lowest BCUT2D eigenvalue weighted by atomic mass is 10.0. The zero-order chi connectivity index (χ0) is 13.5. The largest absolute Gasteiger partial charge is 0.380 e. The molecular weight excluding hydrogens is 238 g/mol. The smallest absolute Gasteiger partial charge is 0.0716 e. The summed E-state index contributed by atoms with van der Waals surface area (Å²) in [5, 5.41) is 2.31. The zero-order valence-electron chi connectivity index (χ0n) is 11.8. The fourth-order valence-electron chi connectivity index (χ4n) is 2.65. The number of hydrazine groups is 1. The molecule has 1 heterocycles. The van der Waals surface area contributed by atoms with E-state index >= 15 is 0 Å². The number of benzene rings is 1. The predicted octanol–water partition coefficient (Wildman–Crippen LogP) is 1.82. The summed E-state index contributed by atoms with van der Waals surface area (Å²) in [6.45, 7) is 3.46. The molecule has 1 aromatic carbocycles. The third-order valence-electron chi connectivity index (χ3n) is 3.66. The fourth-order valence-corrected chi connectivity index (χ4v) is 2.65. The van der Waals surface area contributed by atoms with E-state index in [1.165, 1.54) is 30.4 Å². The van der Waals surface area contributed by atoms with Crippen molar-refractivity contribution in [2.24, 2.45) is 5.73 Å². The van der Waals surface area contributed by atoms with Crippen molar-refractivity contribution in [1.82, 2.24) is 10.4 Å². The number of ether oxygens (including phenoxy) is 1. The first-order valence-electron chi connectivity index (χ1n) is 7.13. The molecule has 1 aliphatic rings. The van der Waals surface area contributed by atoms with E-state index in [0.29, 0.717) is 13.2 Å². The third kappa shape index (κ3) is 4.01. The van der Waals surface area contributed by atoms with E-state index in [1.54, 1.807) is 7.11 Å². The van der Waals surface area contributed by atoms with Crippen molar-refractivity contribution in [1.29, 1.82) is 0 Å². The van der Waals surface area contributed by atoms with Crippen LogP contribution in [0.3, 0.4) is 0 Å². The van der Waals surface area contributed by atoms with Crippen LogP contribution in [0.15, 0.2) is 24.3 Å². The Bertz CT molecular complexity index is 377. The lowest BCUT2D eigenvalue weighted by molar-refractivity contribution is 0.128. The van der Waals surface area contributed by atoms with Gasteiger partial charge in [-0.15, -0.1) is 0 Å². The SMILES string of the molecule is COCc1ccccc1C(CN)NN1CCCCC1. The van der Waals surface area contributed by atoms with Crippen LogP contribution in [0.2, 0.25) is 0 Å². The Labute approximate surface area is 115 Å². The molecule has 19 heavy (non-hydrogen) atoms. The highest BCUT2D eigenvalue weighted by Gasteiger charge is 2.18. The lowest BCUT2D eigenvalue weighted by Crippen LogP contribution is -2.45. The fraction of sp³-hybridized carbons (Fsp3) is 0.600. The Balaban J connectivity index is 2.07. The molecule has 106 valence electrons. The summed E-state index contributed by atoms with van der Waals surface area (Å²) in [6.07, 6.45) is 3.87. The van der Waals surface area contributed by atoms with E-state index in [2.05, 4.69) is 28.6 Å². The van der Waals surface area contributed by atoms with Crippen LogP contribution in [-0.2, 0) is 11.3 Å². The molecule has 0 aromatic heterocycles. The molecule has 3 N–H and O–H groups in total. The monoisotopic (exact) mass is 263 g/mol. The van der Waals surface area contributed by atoms with Crippen molar-refractivity contribution >= 4 is 0 Å². The first kappa shape index (κ1) is 14.5.